The smallest absolute Gasteiger partial charge is 0.265 e. The first kappa shape index (κ1) is 19.5. The van der Waals surface area contributed by atoms with Crippen molar-refractivity contribution in [3.8, 4) is 11.1 Å². The van der Waals surface area contributed by atoms with Gasteiger partial charge in [-0.15, -0.1) is 0 Å². The second kappa shape index (κ2) is 7.80. The van der Waals surface area contributed by atoms with Crippen LogP contribution in [0.15, 0.2) is 53.4 Å². The second-order valence-corrected chi connectivity index (χ2v) is 8.89. The maximum absolute atomic E-state index is 13.2. The highest BCUT2D eigenvalue weighted by molar-refractivity contribution is 7.93. The number of rotatable bonds is 5. The number of ether oxygens (including phenoxy) is 1. The summed E-state index contributed by atoms with van der Waals surface area (Å²) in [6.45, 7) is 2.38. The lowest BCUT2D eigenvalue weighted by molar-refractivity contribution is -0.134. The zero-order valence-electron chi connectivity index (χ0n) is 15.1. The molecule has 7 heteroatoms. The Kier molecular flexibility index (Phi) is 5.64. The molecule has 0 aliphatic carbocycles. The Morgan fingerprint density at radius 1 is 1.04 bits per heavy atom. The van der Waals surface area contributed by atoms with Gasteiger partial charge in [0.25, 0.3) is 5.91 Å². The molecule has 3 rings (SSSR count). The lowest BCUT2D eigenvalue weighted by Gasteiger charge is -2.34. The highest BCUT2D eigenvalue weighted by atomic mass is 32.2. The van der Waals surface area contributed by atoms with Crippen molar-refractivity contribution < 1.29 is 23.2 Å². The van der Waals surface area contributed by atoms with Crippen LogP contribution in [0, 0.1) is 0 Å². The first-order valence-corrected chi connectivity index (χ1v) is 10.4. The average Bonchev–Trinajstić information content (AvgIpc) is 2.73. The summed E-state index contributed by atoms with van der Waals surface area (Å²) in [6.07, 6.45) is 0.958. The van der Waals surface area contributed by atoms with Crippen molar-refractivity contribution in [2.24, 2.45) is 0 Å². The van der Waals surface area contributed by atoms with Gasteiger partial charge in [-0.3, -0.25) is 10.0 Å². The lowest BCUT2D eigenvalue weighted by atomic mass is 9.98. The number of carbonyl (C=O) groups excluding carboxylic acids is 1. The van der Waals surface area contributed by atoms with Crippen molar-refractivity contribution in [2.45, 2.75) is 35.8 Å². The van der Waals surface area contributed by atoms with Crippen LogP contribution < -0.4 is 5.48 Å². The van der Waals surface area contributed by atoms with Crippen molar-refractivity contribution in [3.63, 3.8) is 0 Å². The molecule has 27 heavy (non-hydrogen) atoms. The number of carbonyl (C=O) groups is 1. The molecule has 2 aromatic carbocycles. The fourth-order valence-electron chi connectivity index (χ4n) is 3.41. The van der Waals surface area contributed by atoms with Crippen LogP contribution in [-0.2, 0) is 25.8 Å². The molecule has 1 fully saturated rings. The van der Waals surface area contributed by atoms with Crippen molar-refractivity contribution in [1.82, 2.24) is 5.48 Å². The molecule has 144 valence electrons. The quantitative estimate of drug-likeness (QED) is 0.606. The molecule has 2 N–H and O–H groups in total. The normalized spacial score (nSPS) is 16.7. The number of hydroxylamine groups is 1. The molecule has 0 unspecified atom stereocenters. The van der Waals surface area contributed by atoms with Gasteiger partial charge in [-0.25, -0.2) is 13.9 Å². The minimum Gasteiger partial charge on any atom is -0.381 e. The van der Waals surface area contributed by atoms with Crippen molar-refractivity contribution >= 4 is 15.7 Å². The molecule has 1 aliphatic rings. The molecule has 0 bridgehead atoms. The fourth-order valence-corrected chi connectivity index (χ4v) is 5.35. The van der Waals surface area contributed by atoms with E-state index in [1.165, 1.54) is 23.2 Å². The summed E-state index contributed by atoms with van der Waals surface area (Å²) in [6, 6.07) is 14.6. The first-order chi connectivity index (χ1) is 12.9. The summed E-state index contributed by atoms with van der Waals surface area (Å²) in [4.78, 5) is 12.3. The molecule has 1 aliphatic heterocycles. The highest BCUT2D eigenvalue weighted by Crippen LogP contribution is 2.36. The van der Waals surface area contributed by atoms with Gasteiger partial charge in [0.2, 0.25) is 0 Å². The predicted molar refractivity (Wildman–Crippen MR) is 101 cm³/mol. The maximum atomic E-state index is 13.2. The van der Waals surface area contributed by atoms with Gasteiger partial charge in [-0.1, -0.05) is 43.3 Å². The molecule has 0 spiro atoms. The number of hydrogen-bond acceptors (Lipinski definition) is 5. The number of benzene rings is 2. The minimum atomic E-state index is -4.00. The van der Waals surface area contributed by atoms with Gasteiger partial charge in [-0.2, -0.15) is 0 Å². The Morgan fingerprint density at radius 3 is 2.04 bits per heavy atom. The minimum absolute atomic E-state index is 0.00194. The third-order valence-corrected chi connectivity index (χ3v) is 7.71. The maximum Gasteiger partial charge on any atom is 0.265 e. The lowest BCUT2D eigenvalue weighted by Crippen LogP contribution is -2.54. The zero-order chi connectivity index (χ0) is 19.5. The van der Waals surface area contributed by atoms with Crippen LogP contribution in [0.2, 0.25) is 0 Å². The van der Waals surface area contributed by atoms with E-state index in [4.69, 9.17) is 9.94 Å². The Morgan fingerprint density at radius 2 is 1.56 bits per heavy atom. The van der Waals surface area contributed by atoms with E-state index in [0.29, 0.717) is 0 Å². The fraction of sp³-hybridized carbons (Fsp3) is 0.350. The summed E-state index contributed by atoms with van der Waals surface area (Å²) >= 11 is 0. The van der Waals surface area contributed by atoms with Crippen LogP contribution >= 0.6 is 0 Å². The van der Waals surface area contributed by atoms with Crippen LogP contribution in [0.3, 0.4) is 0 Å². The molecular formula is C20H23NO5S. The Hall–Kier alpha value is -2.22. The summed E-state index contributed by atoms with van der Waals surface area (Å²) < 4.78 is 29.9. The SMILES string of the molecule is CCc1ccc(-c2ccc(S(=O)(=O)C3(C(=O)NO)CCOCC3)cc2)cc1. The van der Waals surface area contributed by atoms with Gasteiger partial charge in [-0.05, 0) is 48.1 Å². The Labute approximate surface area is 159 Å². The van der Waals surface area contributed by atoms with E-state index in [1.807, 2.05) is 24.3 Å². The van der Waals surface area contributed by atoms with Crippen LogP contribution in [0.25, 0.3) is 11.1 Å². The Bertz CT molecular complexity index is 898. The summed E-state index contributed by atoms with van der Waals surface area (Å²) in [5.41, 5.74) is 4.64. The van der Waals surface area contributed by atoms with Crippen LogP contribution in [0.5, 0.6) is 0 Å². The molecular weight excluding hydrogens is 366 g/mol. The number of sulfone groups is 1. The van der Waals surface area contributed by atoms with Gasteiger partial charge >= 0.3 is 0 Å². The van der Waals surface area contributed by atoms with E-state index < -0.39 is 20.5 Å². The molecule has 6 nitrogen and oxygen atoms in total. The van der Waals surface area contributed by atoms with Crippen molar-refractivity contribution in [2.75, 3.05) is 13.2 Å². The molecule has 1 heterocycles. The van der Waals surface area contributed by atoms with Gasteiger partial charge in [0.05, 0.1) is 4.90 Å². The van der Waals surface area contributed by atoms with E-state index >= 15 is 0 Å². The molecule has 0 atom stereocenters. The van der Waals surface area contributed by atoms with E-state index in [-0.39, 0.29) is 31.0 Å². The predicted octanol–water partition coefficient (Wildman–Crippen LogP) is 2.74. The molecule has 0 saturated carbocycles. The summed E-state index contributed by atoms with van der Waals surface area (Å²) in [7, 11) is -4.00. The third kappa shape index (κ3) is 3.50. The summed E-state index contributed by atoms with van der Waals surface area (Å²) in [5, 5.41) is 9.09. The van der Waals surface area contributed by atoms with Crippen LogP contribution in [0.4, 0.5) is 0 Å². The van der Waals surface area contributed by atoms with Crippen molar-refractivity contribution in [1.29, 1.82) is 0 Å². The van der Waals surface area contributed by atoms with Crippen LogP contribution in [0.1, 0.15) is 25.3 Å². The monoisotopic (exact) mass is 389 g/mol. The topological polar surface area (TPSA) is 92.7 Å². The van der Waals surface area contributed by atoms with Gasteiger partial charge in [0.15, 0.2) is 14.6 Å². The molecule has 0 aromatic heterocycles. The van der Waals surface area contributed by atoms with Crippen LogP contribution in [-0.4, -0.2) is 37.5 Å². The zero-order valence-corrected chi connectivity index (χ0v) is 16.0. The van der Waals surface area contributed by atoms with Gasteiger partial charge in [0.1, 0.15) is 0 Å². The van der Waals surface area contributed by atoms with E-state index in [9.17, 15) is 13.2 Å². The average molecular weight is 389 g/mol. The largest absolute Gasteiger partial charge is 0.381 e. The molecule has 2 aromatic rings. The number of aryl methyl sites for hydroxylation is 1. The number of hydrogen-bond donors (Lipinski definition) is 2. The Balaban J connectivity index is 1.95. The third-order valence-electron chi connectivity index (χ3n) is 5.19. The van der Waals surface area contributed by atoms with E-state index in [0.717, 1.165) is 17.5 Å². The summed E-state index contributed by atoms with van der Waals surface area (Å²) in [5.74, 6) is -0.912. The van der Waals surface area contributed by atoms with Gasteiger partial charge < -0.3 is 4.74 Å². The highest BCUT2D eigenvalue weighted by Gasteiger charge is 2.52. The second-order valence-electron chi connectivity index (χ2n) is 6.63. The van der Waals surface area contributed by atoms with E-state index in [2.05, 4.69) is 6.92 Å². The van der Waals surface area contributed by atoms with Crippen molar-refractivity contribution in [3.05, 3.63) is 54.1 Å². The number of amides is 1. The molecule has 0 radical (unpaired) electrons. The first-order valence-electron chi connectivity index (χ1n) is 8.91. The standard InChI is InChI=1S/C20H23NO5S/c1-2-15-3-5-16(6-4-15)17-7-9-18(10-8-17)27(24,25)20(19(22)21-23)11-13-26-14-12-20/h3-10,23H,2,11-14H2,1H3,(H,21,22). The molecule has 1 amide bonds. The number of nitrogens with one attached hydrogen (secondary N) is 1. The van der Waals surface area contributed by atoms with Gasteiger partial charge in [0, 0.05) is 13.2 Å². The molecule has 1 saturated heterocycles. The van der Waals surface area contributed by atoms with E-state index in [1.54, 1.807) is 12.1 Å².